The van der Waals surface area contributed by atoms with Gasteiger partial charge in [0.05, 0.1) is 32.4 Å². The van der Waals surface area contributed by atoms with Gasteiger partial charge in [-0.05, 0) is 31.7 Å². The fourth-order valence-corrected chi connectivity index (χ4v) is 4.23. The van der Waals surface area contributed by atoms with Crippen molar-refractivity contribution < 1.29 is 19.0 Å². The molecule has 2 spiro atoms. The Morgan fingerprint density at radius 2 is 2.04 bits per heavy atom. The van der Waals surface area contributed by atoms with Gasteiger partial charge in [0.25, 0.3) is 0 Å². The number of rotatable bonds is 4. The minimum atomic E-state index is -0.433. The topological polar surface area (TPSA) is 96.8 Å². The summed E-state index contributed by atoms with van der Waals surface area (Å²) in [5.41, 5.74) is 8.62. The van der Waals surface area contributed by atoms with Gasteiger partial charge in [0.1, 0.15) is 0 Å². The van der Waals surface area contributed by atoms with Crippen molar-refractivity contribution in [2.75, 3.05) is 32.9 Å². The Labute approximate surface area is 135 Å². The lowest BCUT2D eigenvalue weighted by molar-refractivity contribution is -0.192. The third-order valence-electron chi connectivity index (χ3n) is 5.31. The summed E-state index contributed by atoms with van der Waals surface area (Å²) in [6, 6.07) is -0.0890. The van der Waals surface area contributed by atoms with Gasteiger partial charge in [-0.25, -0.2) is 0 Å². The van der Waals surface area contributed by atoms with Crippen LogP contribution >= 0.6 is 0 Å². The van der Waals surface area contributed by atoms with E-state index in [-0.39, 0.29) is 24.1 Å². The van der Waals surface area contributed by atoms with Crippen molar-refractivity contribution in [3.05, 3.63) is 10.4 Å². The third-order valence-corrected chi connectivity index (χ3v) is 5.31. The van der Waals surface area contributed by atoms with Crippen LogP contribution in [0.25, 0.3) is 10.4 Å². The largest absolute Gasteiger partial charge is 0.465 e. The average Bonchev–Trinajstić information content (AvgIpc) is 3.10. The van der Waals surface area contributed by atoms with Crippen LogP contribution in [0, 0.1) is 0 Å². The lowest BCUT2D eigenvalue weighted by atomic mass is 9.76. The summed E-state index contributed by atoms with van der Waals surface area (Å²) in [4.78, 5) is 17.0. The number of nitrogens with zero attached hydrogens (tertiary/aromatic N) is 4. The molecule has 1 unspecified atom stereocenters. The predicted molar refractivity (Wildman–Crippen MR) is 81.6 cm³/mol. The number of hydrogen-bond acceptors (Lipinski definition) is 6. The van der Waals surface area contributed by atoms with Crippen LogP contribution in [0.2, 0.25) is 0 Å². The monoisotopic (exact) mass is 324 g/mol. The number of azide groups is 1. The second-order valence-electron chi connectivity index (χ2n) is 6.58. The van der Waals surface area contributed by atoms with Gasteiger partial charge < -0.3 is 14.2 Å². The molecule has 2 heterocycles. The van der Waals surface area contributed by atoms with E-state index in [1.807, 2.05) is 0 Å². The lowest BCUT2D eigenvalue weighted by Gasteiger charge is -2.46. The van der Waals surface area contributed by atoms with Crippen LogP contribution in [0.1, 0.15) is 39.0 Å². The molecule has 128 valence electrons. The van der Waals surface area contributed by atoms with Gasteiger partial charge in [-0.1, -0.05) is 5.11 Å². The minimum absolute atomic E-state index is 0.0890. The molecule has 2 aliphatic heterocycles. The van der Waals surface area contributed by atoms with Crippen molar-refractivity contribution in [1.82, 2.24) is 4.90 Å². The molecule has 3 rings (SSSR count). The van der Waals surface area contributed by atoms with Gasteiger partial charge in [-0.15, -0.1) is 0 Å². The zero-order valence-corrected chi connectivity index (χ0v) is 13.6. The van der Waals surface area contributed by atoms with Crippen molar-refractivity contribution in [1.29, 1.82) is 0 Å². The summed E-state index contributed by atoms with van der Waals surface area (Å²) in [5.74, 6) is -0.653. The second-order valence-corrected chi connectivity index (χ2v) is 6.58. The molecule has 2 saturated heterocycles. The first-order valence-corrected chi connectivity index (χ1v) is 8.34. The first-order chi connectivity index (χ1) is 11.1. The Morgan fingerprint density at radius 1 is 1.35 bits per heavy atom. The summed E-state index contributed by atoms with van der Waals surface area (Å²) in [6.07, 6.45) is 4.17. The molecule has 0 amide bonds. The molecule has 3 aliphatic rings. The Hall–Kier alpha value is -1.34. The molecule has 0 aromatic carbocycles. The van der Waals surface area contributed by atoms with E-state index in [4.69, 9.17) is 19.7 Å². The molecule has 0 N–H and O–H groups in total. The Morgan fingerprint density at radius 3 is 2.65 bits per heavy atom. The zero-order chi connectivity index (χ0) is 16.3. The lowest BCUT2D eigenvalue weighted by Crippen LogP contribution is -2.52. The highest BCUT2D eigenvalue weighted by Gasteiger charge is 2.52. The van der Waals surface area contributed by atoms with E-state index in [9.17, 15) is 4.79 Å². The molecule has 23 heavy (non-hydrogen) atoms. The normalized spacial score (nSPS) is 28.8. The molecule has 0 bridgehead atoms. The first-order valence-electron chi connectivity index (χ1n) is 8.34. The van der Waals surface area contributed by atoms with Crippen LogP contribution in [0.5, 0.6) is 0 Å². The van der Waals surface area contributed by atoms with E-state index >= 15 is 0 Å². The fourth-order valence-electron chi connectivity index (χ4n) is 4.23. The molecule has 8 nitrogen and oxygen atoms in total. The van der Waals surface area contributed by atoms with Gasteiger partial charge in [0.2, 0.25) is 0 Å². The van der Waals surface area contributed by atoms with Crippen LogP contribution in [-0.2, 0) is 19.0 Å². The van der Waals surface area contributed by atoms with E-state index in [1.54, 1.807) is 6.92 Å². The average molecular weight is 324 g/mol. The van der Waals surface area contributed by atoms with Crippen molar-refractivity contribution in [2.45, 2.75) is 56.4 Å². The third kappa shape index (κ3) is 3.30. The molecule has 1 atom stereocenters. The van der Waals surface area contributed by atoms with Gasteiger partial charge in [0, 0.05) is 29.8 Å². The number of carbonyl (C=O) groups is 1. The van der Waals surface area contributed by atoms with Crippen LogP contribution in [0.4, 0.5) is 0 Å². The zero-order valence-electron chi connectivity index (χ0n) is 13.6. The molecule has 0 aromatic rings. The summed E-state index contributed by atoms with van der Waals surface area (Å²) < 4.78 is 16.7. The molecule has 0 aromatic heterocycles. The van der Waals surface area contributed by atoms with E-state index in [1.165, 1.54) is 0 Å². The highest BCUT2D eigenvalue weighted by Crippen LogP contribution is 2.47. The standard InChI is InChI=1S/C15H24N4O4/c1-2-21-13(20)11-19-10-12(17-18-16)9-14(19)3-5-15(6-4-14)22-7-8-23-15/h12H,2-11H2,1H3. The highest BCUT2D eigenvalue weighted by atomic mass is 16.7. The molecule has 8 heteroatoms. The highest BCUT2D eigenvalue weighted by molar-refractivity contribution is 5.71. The Kier molecular flexibility index (Phi) is 4.77. The molecule has 3 fully saturated rings. The van der Waals surface area contributed by atoms with E-state index < -0.39 is 5.79 Å². The van der Waals surface area contributed by atoms with Crippen molar-refractivity contribution in [3.63, 3.8) is 0 Å². The molecule has 1 aliphatic carbocycles. The number of ether oxygens (including phenoxy) is 3. The number of esters is 1. The Bertz CT molecular complexity index is 490. The van der Waals surface area contributed by atoms with Gasteiger partial charge in [-0.2, -0.15) is 0 Å². The maximum Gasteiger partial charge on any atom is 0.320 e. The number of hydrogen-bond donors (Lipinski definition) is 0. The SMILES string of the molecule is CCOC(=O)CN1CC(N=[N+]=[N-])CC12CCC1(CC2)OCCO1. The maximum atomic E-state index is 11.9. The molecule has 1 saturated carbocycles. The Balaban J connectivity index is 1.71. The van der Waals surface area contributed by atoms with Crippen LogP contribution in [-0.4, -0.2) is 61.1 Å². The van der Waals surface area contributed by atoms with Gasteiger partial charge >= 0.3 is 5.97 Å². The second kappa shape index (κ2) is 6.65. The van der Waals surface area contributed by atoms with Crippen molar-refractivity contribution >= 4 is 5.97 Å². The molecule has 0 radical (unpaired) electrons. The summed E-state index contributed by atoms with van der Waals surface area (Å²) in [5, 5.41) is 3.89. The van der Waals surface area contributed by atoms with Crippen LogP contribution in [0.3, 0.4) is 0 Å². The summed E-state index contributed by atoms with van der Waals surface area (Å²) >= 11 is 0. The van der Waals surface area contributed by atoms with Crippen LogP contribution in [0.15, 0.2) is 5.11 Å². The minimum Gasteiger partial charge on any atom is -0.465 e. The summed E-state index contributed by atoms with van der Waals surface area (Å²) in [6.45, 7) is 4.35. The predicted octanol–water partition coefficient (Wildman–Crippen LogP) is 1.99. The first kappa shape index (κ1) is 16.5. The number of carbonyl (C=O) groups excluding carboxylic acids is 1. The van der Waals surface area contributed by atoms with E-state index in [0.29, 0.717) is 26.4 Å². The van der Waals surface area contributed by atoms with Crippen molar-refractivity contribution in [2.24, 2.45) is 5.11 Å². The fraction of sp³-hybridized carbons (Fsp3) is 0.933. The molecular formula is C15H24N4O4. The van der Waals surface area contributed by atoms with Gasteiger partial charge in [-0.3, -0.25) is 9.69 Å². The van der Waals surface area contributed by atoms with Gasteiger partial charge in [0.15, 0.2) is 5.79 Å². The smallest absolute Gasteiger partial charge is 0.320 e. The quantitative estimate of drug-likeness (QED) is 0.341. The summed E-state index contributed by atoms with van der Waals surface area (Å²) in [7, 11) is 0. The van der Waals surface area contributed by atoms with E-state index in [2.05, 4.69) is 14.9 Å². The number of likely N-dealkylation sites (tertiary alicyclic amines) is 1. The van der Waals surface area contributed by atoms with Crippen LogP contribution < -0.4 is 0 Å². The van der Waals surface area contributed by atoms with Crippen molar-refractivity contribution in [3.8, 4) is 0 Å². The maximum absolute atomic E-state index is 11.9. The molecular weight excluding hydrogens is 300 g/mol. The van der Waals surface area contributed by atoms with E-state index in [0.717, 1.165) is 32.1 Å².